The van der Waals surface area contributed by atoms with Crippen molar-refractivity contribution >= 4 is 11.0 Å². The van der Waals surface area contributed by atoms with Gasteiger partial charge < -0.3 is 4.90 Å². The zero-order chi connectivity index (χ0) is 15.9. The fourth-order valence-corrected chi connectivity index (χ4v) is 3.43. The Balaban J connectivity index is 1.52. The van der Waals surface area contributed by atoms with E-state index in [1.54, 1.807) is 6.33 Å². The third kappa shape index (κ3) is 4.28. The van der Waals surface area contributed by atoms with E-state index < -0.39 is 0 Å². The second-order valence-electron chi connectivity index (χ2n) is 6.49. The van der Waals surface area contributed by atoms with E-state index in [9.17, 15) is 0 Å². The molecule has 0 unspecified atom stereocenters. The van der Waals surface area contributed by atoms with Gasteiger partial charge >= 0.3 is 0 Å². The Morgan fingerprint density at radius 1 is 1.00 bits per heavy atom. The highest BCUT2D eigenvalue weighted by Gasteiger charge is 2.10. The predicted molar refractivity (Wildman–Crippen MR) is 93.1 cm³/mol. The van der Waals surface area contributed by atoms with Crippen LogP contribution in [0, 0.1) is 6.92 Å². The van der Waals surface area contributed by atoms with E-state index in [-0.39, 0.29) is 0 Å². The molecule has 2 aromatic heterocycles. The van der Waals surface area contributed by atoms with Gasteiger partial charge in [0.15, 0.2) is 5.65 Å². The summed E-state index contributed by atoms with van der Waals surface area (Å²) in [6.07, 6.45) is 13.3. The zero-order valence-corrected chi connectivity index (χ0v) is 14.1. The predicted octanol–water partition coefficient (Wildman–Crippen LogP) is 3.25. The average molecular weight is 314 g/mol. The summed E-state index contributed by atoms with van der Waals surface area (Å²) in [5.41, 5.74) is 2.04. The average Bonchev–Trinajstić information content (AvgIpc) is 2.80. The first kappa shape index (κ1) is 16.4. The van der Waals surface area contributed by atoms with Crippen LogP contribution in [0.5, 0.6) is 0 Å². The summed E-state index contributed by atoms with van der Waals surface area (Å²) >= 11 is 0. The number of aryl methyl sites for hydroxylation is 2. The maximum atomic E-state index is 4.52. The second kappa shape index (κ2) is 8.39. The monoisotopic (exact) mass is 314 g/mol. The molecule has 125 valence electrons. The van der Waals surface area contributed by atoms with Crippen molar-refractivity contribution < 1.29 is 0 Å². The summed E-state index contributed by atoms with van der Waals surface area (Å²) in [6.45, 7) is 8.65. The molecule has 3 rings (SSSR count). The fraction of sp³-hybridized carbons (Fsp3) is 0.667. The molecule has 0 spiro atoms. The van der Waals surface area contributed by atoms with Crippen molar-refractivity contribution in [3.8, 4) is 0 Å². The van der Waals surface area contributed by atoms with Gasteiger partial charge in [-0.3, -0.25) is 0 Å². The summed E-state index contributed by atoms with van der Waals surface area (Å²) in [7, 11) is 0. The van der Waals surface area contributed by atoms with Crippen molar-refractivity contribution in [1.82, 2.24) is 24.6 Å². The molecule has 5 heteroatoms. The molecular weight excluding hydrogens is 286 g/mol. The van der Waals surface area contributed by atoms with Gasteiger partial charge in [-0.15, -0.1) is 0 Å². The Labute approximate surface area is 139 Å². The van der Waals surface area contributed by atoms with Gasteiger partial charge in [0.05, 0.1) is 17.3 Å². The lowest BCUT2D eigenvalue weighted by atomic mass is 10.2. The van der Waals surface area contributed by atoms with Gasteiger partial charge in [-0.25, -0.2) is 14.6 Å². The van der Waals surface area contributed by atoms with E-state index in [4.69, 9.17) is 0 Å². The van der Waals surface area contributed by atoms with Gasteiger partial charge in [-0.05, 0) is 58.2 Å². The van der Waals surface area contributed by atoms with Crippen LogP contribution in [0.2, 0.25) is 0 Å². The molecule has 23 heavy (non-hydrogen) atoms. The molecular formula is C18H28N5. The van der Waals surface area contributed by atoms with E-state index in [1.807, 2.05) is 10.9 Å². The molecule has 1 aliphatic rings. The van der Waals surface area contributed by atoms with Crippen LogP contribution >= 0.6 is 0 Å². The van der Waals surface area contributed by atoms with Gasteiger partial charge in [0, 0.05) is 6.54 Å². The maximum absolute atomic E-state index is 4.52. The fourth-order valence-electron chi connectivity index (χ4n) is 3.43. The lowest BCUT2D eigenvalue weighted by Gasteiger charge is -2.19. The SMILES string of the molecule is [CH2]CCc1ncnc2c1cnn2CCCCN1CCCCCC1. The molecule has 2 aromatic rings. The Bertz CT molecular complexity index is 598. The van der Waals surface area contributed by atoms with E-state index in [0.717, 1.165) is 42.5 Å². The highest BCUT2D eigenvalue weighted by Crippen LogP contribution is 2.16. The second-order valence-corrected chi connectivity index (χ2v) is 6.49. The topological polar surface area (TPSA) is 46.8 Å². The molecule has 0 N–H and O–H groups in total. The van der Waals surface area contributed by atoms with Gasteiger partial charge in [0.1, 0.15) is 6.33 Å². The number of rotatable bonds is 7. The van der Waals surface area contributed by atoms with E-state index in [0.29, 0.717) is 0 Å². The Morgan fingerprint density at radius 2 is 1.78 bits per heavy atom. The lowest BCUT2D eigenvalue weighted by Crippen LogP contribution is -2.25. The molecule has 3 heterocycles. The smallest absolute Gasteiger partial charge is 0.161 e. The number of hydrogen-bond acceptors (Lipinski definition) is 4. The van der Waals surface area contributed by atoms with Crippen molar-refractivity contribution in [2.24, 2.45) is 0 Å². The van der Waals surface area contributed by atoms with Crippen molar-refractivity contribution in [3.63, 3.8) is 0 Å². The molecule has 1 aliphatic heterocycles. The Kier molecular flexibility index (Phi) is 5.97. The molecule has 1 saturated heterocycles. The van der Waals surface area contributed by atoms with Gasteiger partial charge in [-0.2, -0.15) is 5.10 Å². The first-order valence-electron chi connectivity index (χ1n) is 9.05. The molecule has 0 amide bonds. The van der Waals surface area contributed by atoms with E-state index in [2.05, 4.69) is 26.9 Å². The van der Waals surface area contributed by atoms with E-state index in [1.165, 1.54) is 51.7 Å². The minimum Gasteiger partial charge on any atom is -0.303 e. The molecule has 5 nitrogen and oxygen atoms in total. The summed E-state index contributed by atoms with van der Waals surface area (Å²) in [5, 5.41) is 5.60. The van der Waals surface area contributed by atoms with Crippen LogP contribution in [0.15, 0.2) is 12.5 Å². The first-order chi connectivity index (χ1) is 11.4. The molecule has 0 bridgehead atoms. The van der Waals surface area contributed by atoms with Crippen molar-refractivity contribution in [2.45, 2.75) is 57.9 Å². The Hall–Kier alpha value is -1.49. The summed E-state index contributed by atoms with van der Waals surface area (Å²) in [4.78, 5) is 11.4. The number of aromatic nitrogens is 4. The molecule has 0 atom stereocenters. The standard InChI is InChI=1S/C18H28N5/c1-2-9-17-16-14-21-23(18(16)20-15-19-17)13-8-7-12-22-10-5-3-4-6-11-22/h14-15H,1-13H2. The summed E-state index contributed by atoms with van der Waals surface area (Å²) in [5.74, 6) is 0. The normalized spacial score (nSPS) is 16.7. The van der Waals surface area contributed by atoms with E-state index >= 15 is 0 Å². The van der Waals surface area contributed by atoms with Gasteiger partial charge in [0.2, 0.25) is 0 Å². The van der Waals surface area contributed by atoms with Gasteiger partial charge in [-0.1, -0.05) is 19.8 Å². The van der Waals surface area contributed by atoms with Crippen LogP contribution in [0.4, 0.5) is 0 Å². The number of fused-ring (bicyclic) bond motifs is 1. The molecule has 1 radical (unpaired) electrons. The van der Waals surface area contributed by atoms with Crippen LogP contribution in [0.3, 0.4) is 0 Å². The molecule has 0 aliphatic carbocycles. The zero-order valence-electron chi connectivity index (χ0n) is 14.1. The number of nitrogens with zero attached hydrogens (tertiary/aromatic N) is 5. The minimum absolute atomic E-state index is 0.854. The summed E-state index contributed by atoms with van der Waals surface area (Å²) < 4.78 is 2.03. The minimum atomic E-state index is 0.854. The van der Waals surface area contributed by atoms with Gasteiger partial charge in [0.25, 0.3) is 0 Å². The molecule has 1 fully saturated rings. The third-order valence-corrected chi connectivity index (χ3v) is 4.72. The van der Waals surface area contributed by atoms with Crippen LogP contribution < -0.4 is 0 Å². The number of hydrogen-bond donors (Lipinski definition) is 0. The lowest BCUT2D eigenvalue weighted by molar-refractivity contribution is 0.276. The molecule has 0 saturated carbocycles. The van der Waals surface area contributed by atoms with Crippen LogP contribution in [-0.2, 0) is 13.0 Å². The Morgan fingerprint density at radius 3 is 2.57 bits per heavy atom. The molecule has 0 aromatic carbocycles. The summed E-state index contributed by atoms with van der Waals surface area (Å²) in [6, 6.07) is 0. The van der Waals surface area contributed by atoms with Crippen molar-refractivity contribution in [3.05, 3.63) is 25.1 Å². The van der Waals surface area contributed by atoms with Crippen molar-refractivity contribution in [1.29, 1.82) is 0 Å². The third-order valence-electron chi connectivity index (χ3n) is 4.72. The van der Waals surface area contributed by atoms with Crippen LogP contribution in [-0.4, -0.2) is 44.3 Å². The van der Waals surface area contributed by atoms with Crippen molar-refractivity contribution in [2.75, 3.05) is 19.6 Å². The maximum Gasteiger partial charge on any atom is 0.161 e. The highest BCUT2D eigenvalue weighted by atomic mass is 15.3. The quantitative estimate of drug-likeness (QED) is 0.736. The van der Waals surface area contributed by atoms with Crippen LogP contribution in [0.25, 0.3) is 11.0 Å². The number of unbranched alkanes of at least 4 members (excludes halogenated alkanes) is 1. The van der Waals surface area contributed by atoms with Crippen LogP contribution in [0.1, 0.15) is 50.6 Å². The first-order valence-corrected chi connectivity index (χ1v) is 9.05. The highest BCUT2D eigenvalue weighted by molar-refractivity contribution is 5.76. The number of likely N-dealkylation sites (tertiary alicyclic amines) is 1. The largest absolute Gasteiger partial charge is 0.303 e.